The van der Waals surface area contributed by atoms with Gasteiger partial charge in [-0.2, -0.15) is 11.8 Å². The van der Waals surface area contributed by atoms with Crippen molar-refractivity contribution in [2.75, 3.05) is 5.75 Å². The van der Waals surface area contributed by atoms with Crippen LogP contribution in [0.25, 0.3) is 0 Å². The number of carboxylic acids is 1. The molecule has 0 aromatic carbocycles. The minimum Gasteiger partial charge on any atom is -0.475 e. The summed E-state index contributed by atoms with van der Waals surface area (Å²) in [6, 6.07) is 0. The number of carboxylic acid groups (broad SMARTS) is 1. The standard InChI is InChI=1S/C9H10N2O2S/c1-5-6-4-14-3-2-7(6)11-8(10-5)9(12)13/h2-4H2,1H3,(H,12,13). The zero-order chi connectivity index (χ0) is 10.1. The van der Waals surface area contributed by atoms with Crippen molar-refractivity contribution >= 4 is 17.7 Å². The molecule has 0 bridgehead atoms. The highest BCUT2D eigenvalue weighted by Crippen LogP contribution is 2.24. The second kappa shape index (κ2) is 3.57. The SMILES string of the molecule is Cc1nc(C(=O)O)nc2c1CSCC2. The van der Waals surface area contributed by atoms with E-state index in [4.69, 9.17) is 5.11 Å². The van der Waals surface area contributed by atoms with E-state index in [1.807, 2.05) is 18.7 Å². The smallest absolute Gasteiger partial charge is 0.373 e. The van der Waals surface area contributed by atoms with Crippen LogP contribution in [-0.2, 0) is 12.2 Å². The molecular formula is C9H10N2O2S. The molecule has 2 heterocycles. The summed E-state index contributed by atoms with van der Waals surface area (Å²) in [5, 5.41) is 8.78. The Hall–Kier alpha value is -1.10. The van der Waals surface area contributed by atoms with Crippen LogP contribution in [0.15, 0.2) is 0 Å². The van der Waals surface area contributed by atoms with E-state index in [1.165, 1.54) is 0 Å². The molecule has 1 aromatic rings. The number of carbonyl (C=O) groups is 1. The Labute approximate surface area is 85.8 Å². The zero-order valence-corrected chi connectivity index (χ0v) is 8.60. The van der Waals surface area contributed by atoms with Crippen LogP contribution in [0.3, 0.4) is 0 Å². The molecule has 0 atom stereocenters. The number of hydrogen-bond donors (Lipinski definition) is 1. The Bertz CT molecular complexity index is 393. The molecule has 0 spiro atoms. The minimum atomic E-state index is -1.05. The Kier molecular flexibility index (Phi) is 2.41. The van der Waals surface area contributed by atoms with E-state index in [0.29, 0.717) is 0 Å². The van der Waals surface area contributed by atoms with Crippen molar-refractivity contribution in [3.63, 3.8) is 0 Å². The molecule has 0 radical (unpaired) electrons. The molecule has 1 aromatic heterocycles. The minimum absolute atomic E-state index is 0.0758. The highest BCUT2D eigenvalue weighted by Gasteiger charge is 2.18. The van der Waals surface area contributed by atoms with Crippen LogP contribution < -0.4 is 0 Å². The molecule has 0 fully saturated rings. The summed E-state index contributed by atoms with van der Waals surface area (Å²) >= 11 is 1.84. The molecule has 0 saturated heterocycles. The van der Waals surface area contributed by atoms with Crippen LogP contribution in [0.1, 0.15) is 27.6 Å². The molecule has 1 aliphatic rings. The number of rotatable bonds is 1. The summed E-state index contributed by atoms with van der Waals surface area (Å²) in [5.41, 5.74) is 2.83. The first-order valence-corrected chi connectivity index (χ1v) is 5.51. The number of aromatic carboxylic acids is 1. The lowest BCUT2D eigenvalue weighted by Gasteiger charge is -2.16. The maximum absolute atomic E-state index is 10.7. The molecule has 2 rings (SSSR count). The van der Waals surface area contributed by atoms with Gasteiger partial charge in [-0.1, -0.05) is 0 Å². The van der Waals surface area contributed by atoms with Crippen LogP contribution in [0, 0.1) is 6.92 Å². The van der Waals surface area contributed by atoms with Crippen LogP contribution in [0.2, 0.25) is 0 Å². The Morgan fingerprint density at radius 2 is 2.29 bits per heavy atom. The fourth-order valence-electron chi connectivity index (χ4n) is 1.49. The monoisotopic (exact) mass is 210 g/mol. The molecule has 0 saturated carbocycles. The van der Waals surface area contributed by atoms with Crippen molar-refractivity contribution in [1.29, 1.82) is 0 Å². The van der Waals surface area contributed by atoms with E-state index in [9.17, 15) is 4.79 Å². The maximum atomic E-state index is 10.7. The molecule has 14 heavy (non-hydrogen) atoms. The maximum Gasteiger partial charge on any atom is 0.373 e. The van der Waals surface area contributed by atoms with E-state index in [0.717, 1.165) is 34.9 Å². The Morgan fingerprint density at radius 3 is 3.00 bits per heavy atom. The molecule has 1 aliphatic heterocycles. The van der Waals surface area contributed by atoms with Crippen LogP contribution >= 0.6 is 11.8 Å². The quantitative estimate of drug-likeness (QED) is 0.756. The van der Waals surface area contributed by atoms with E-state index in [2.05, 4.69) is 9.97 Å². The van der Waals surface area contributed by atoms with Gasteiger partial charge >= 0.3 is 5.97 Å². The molecule has 1 N–H and O–H groups in total. The number of thioether (sulfide) groups is 1. The largest absolute Gasteiger partial charge is 0.475 e. The lowest BCUT2D eigenvalue weighted by molar-refractivity contribution is 0.0682. The third-order valence-corrected chi connectivity index (χ3v) is 3.21. The summed E-state index contributed by atoms with van der Waals surface area (Å²) in [6.07, 6.45) is 0.851. The van der Waals surface area contributed by atoms with E-state index in [-0.39, 0.29) is 5.82 Å². The van der Waals surface area contributed by atoms with Gasteiger partial charge in [0, 0.05) is 22.7 Å². The fraction of sp³-hybridized carbons (Fsp3) is 0.444. The predicted octanol–water partition coefficient (Wildman–Crippen LogP) is 1.27. The first-order valence-electron chi connectivity index (χ1n) is 4.36. The van der Waals surface area contributed by atoms with E-state index in [1.54, 1.807) is 0 Å². The van der Waals surface area contributed by atoms with Gasteiger partial charge in [-0.05, 0) is 19.1 Å². The van der Waals surface area contributed by atoms with Crippen molar-refractivity contribution in [2.24, 2.45) is 0 Å². The molecule has 0 unspecified atom stereocenters. The van der Waals surface area contributed by atoms with Crippen molar-refractivity contribution in [3.05, 3.63) is 22.8 Å². The predicted molar refractivity (Wildman–Crippen MR) is 53.6 cm³/mol. The molecular weight excluding hydrogens is 200 g/mol. The number of nitrogens with zero attached hydrogens (tertiary/aromatic N) is 2. The topological polar surface area (TPSA) is 63.1 Å². The number of aromatic nitrogens is 2. The highest BCUT2D eigenvalue weighted by atomic mass is 32.2. The van der Waals surface area contributed by atoms with Crippen molar-refractivity contribution in [3.8, 4) is 0 Å². The van der Waals surface area contributed by atoms with Crippen LogP contribution in [-0.4, -0.2) is 26.8 Å². The molecule has 5 heteroatoms. The van der Waals surface area contributed by atoms with Gasteiger partial charge in [-0.25, -0.2) is 14.8 Å². The first-order chi connectivity index (χ1) is 6.68. The van der Waals surface area contributed by atoms with Gasteiger partial charge in [0.05, 0.1) is 0 Å². The van der Waals surface area contributed by atoms with Gasteiger partial charge in [-0.15, -0.1) is 0 Å². The third kappa shape index (κ3) is 1.59. The summed E-state index contributed by atoms with van der Waals surface area (Å²) in [7, 11) is 0. The van der Waals surface area contributed by atoms with E-state index < -0.39 is 5.97 Å². The fourth-order valence-corrected chi connectivity index (χ4v) is 2.55. The van der Waals surface area contributed by atoms with Gasteiger partial charge in [0.25, 0.3) is 0 Å². The Morgan fingerprint density at radius 1 is 1.50 bits per heavy atom. The van der Waals surface area contributed by atoms with Gasteiger partial charge in [-0.3, -0.25) is 0 Å². The normalized spacial score (nSPS) is 14.9. The van der Waals surface area contributed by atoms with Crippen molar-refractivity contribution in [1.82, 2.24) is 9.97 Å². The van der Waals surface area contributed by atoms with Crippen molar-refractivity contribution < 1.29 is 9.90 Å². The zero-order valence-electron chi connectivity index (χ0n) is 7.78. The van der Waals surface area contributed by atoms with Gasteiger partial charge in [0.1, 0.15) is 0 Å². The van der Waals surface area contributed by atoms with Gasteiger partial charge in [0.15, 0.2) is 0 Å². The van der Waals surface area contributed by atoms with Crippen LogP contribution in [0.4, 0.5) is 0 Å². The summed E-state index contributed by atoms with van der Waals surface area (Å²) < 4.78 is 0. The summed E-state index contributed by atoms with van der Waals surface area (Å²) in [5.74, 6) is 0.797. The second-order valence-corrected chi connectivity index (χ2v) is 4.27. The van der Waals surface area contributed by atoms with Crippen molar-refractivity contribution in [2.45, 2.75) is 19.1 Å². The third-order valence-electron chi connectivity index (χ3n) is 2.22. The first kappa shape index (κ1) is 9.45. The van der Waals surface area contributed by atoms with Crippen LogP contribution in [0.5, 0.6) is 0 Å². The van der Waals surface area contributed by atoms with Gasteiger partial charge < -0.3 is 5.11 Å². The Balaban J connectivity index is 2.51. The molecule has 0 aliphatic carbocycles. The summed E-state index contributed by atoms with van der Waals surface area (Å²) in [4.78, 5) is 18.7. The molecule has 74 valence electrons. The average Bonchev–Trinajstić information content (AvgIpc) is 2.17. The van der Waals surface area contributed by atoms with Gasteiger partial charge in [0.2, 0.25) is 5.82 Å². The van der Waals surface area contributed by atoms with E-state index >= 15 is 0 Å². The number of aryl methyl sites for hydroxylation is 2. The number of hydrogen-bond acceptors (Lipinski definition) is 4. The highest BCUT2D eigenvalue weighted by molar-refractivity contribution is 7.98. The lowest BCUT2D eigenvalue weighted by Crippen LogP contribution is -2.14. The molecule has 0 amide bonds. The summed E-state index contributed by atoms with van der Waals surface area (Å²) in [6.45, 7) is 1.85. The molecule has 4 nitrogen and oxygen atoms in total. The second-order valence-electron chi connectivity index (χ2n) is 3.17. The lowest BCUT2D eigenvalue weighted by atomic mass is 10.1. The number of fused-ring (bicyclic) bond motifs is 1. The average molecular weight is 210 g/mol.